The second kappa shape index (κ2) is 8.52. The molecule has 0 fully saturated rings. The summed E-state index contributed by atoms with van der Waals surface area (Å²) >= 11 is 0. The molecule has 1 atom stereocenters. The van der Waals surface area contributed by atoms with Crippen molar-refractivity contribution < 1.29 is 10.2 Å². The zero-order valence-electron chi connectivity index (χ0n) is 9.00. The van der Waals surface area contributed by atoms with E-state index in [2.05, 4.69) is 13.8 Å². The predicted octanol–water partition coefficient (Wildman–Crippen LogP) is 2.34. The molecule has 0 bridgehead atoms. The Morgan fingerprint density at radius 3 is 2.08 bits per heavy atom. The third kappa shape index (κ3) is 7.03. The lowest BCUT2D eigenvalue weighted by Gasteiger charge is -2.15. The van der Waals surface area contributed by atoms with Crippen LogP contribution in [0.15, 0.2) is 0 Å². The lowest BCUT2D eigenvalue weighted by atomic mass is 9.95. The molecule has 80 valence electrons. The maximum absolute atomic E-state index is 9.51. The molecule has 0 amide bonds. The SMILES string of the molecule is CCC(CC)CCC(O)CCCO. The van der Waals surface area contributed by atoms with Gasteiger partial charge in [-0.15, -0.1) is 0 Å². The summed E-state index contributed by atoms with van der Waals surface area (Å²) in [5.74, 6) is 0.767. The second-order valence-corrected chi connectivity index (χ2v) is 3.78. The van der Waals surface area contributed by atoms with Crippen LogP contribution in [-0.4, -0.2) is 22.9 Å². The van der Waals surface area contributed by atoms with Crippen LogP contribution in [0.4, 0.5) is 0 Å². The molecule has 2 N–H and O–H groups in total. The van der Waals surface area contributed by atoms with Crippen molar-refractivity contribution in [2.45, 2.75) is 58.5 Å². The van der Waals surface area contributed by atoms with Gasteiger partial charge in [0.2, 0.25) is 0 Å². The molecule has 0 saturated heterocycles. The van der Waals surface area contributed by atoms with Crippen LogP contribution in [0.2, 0.25) is 0 Å². The average Bonchev–Trinajstić information content (AvgIpc) is 2.16. The summed E-state index contributed by atoms with van der Waals surface area (Å²) in [4.78, 5) is 0. The number of aliphatic hydroxyl groups excluding tert-OH is 2. The van der Waals surface area contributed by atoms with E-state index in [1.165, 1.54) is 12.8 Å². The molecule has 2 heteroatoms. The standard InChI is InChI=1S/C11H24O2/c1-3-10(4-2)7-8-11(13)6-5-9-12/h10-13H,3-9H2,1-2H3. The molecule has 0 spiro atoms. The molecular formula is C11H24O2. The first-order valence-corrected chi connectivity index (χ1v) is 5.53. The molecule has 0 aromatic heterocycles. The van der Waals surface area contributed by atoms with Gasteiger partial charge in [-0.1, -0.05) is 26.7 Å². The fourth-order valence-electron chi connectivity index (χ4n) is 1.60. The van der Waals surface area contributed by atoms with Gasteiger partial charge >= 0.3 is 0 Å². The minimum absolute atomic E-state index is 0.196. The third-order valence-corrected chi connectivity index (χ3v) is 2.76. The van der Waals surface area contributed by atoms with Gasteiger partial charge in [0.25, 0.3) is 0 Å². The summed E-state index contributed by atoms with van der Waals surface area (Å²) in [7, 11) is 0. The highest BCUT2D eigenvalue weighted by Gasteiger charge is 2.08. The third-order valence-electron chi connectivity index (χ3n) is 2.76. The molecular weight excluding hydrogens is 164 g/mol. The van der Waals surface area contributed by atoms with Gasteiger partial charge in [-0.3, -0.25) is 0 Å². The zero-order valence-corrected chi connectivity index (χ0v) is 9.00. The van der Waals surface area contributed by atoms with Gasteiger partial charge in [0, 0.05) is 6.61 Å². The summed E-state index contributed by atoms with van der Waals surface area (Å²) in [6.07, 6.45) is 5.71. The van der Waals surface area contributed by atoms with Crippen LogP contribution in [0.1, 0.15) is 52.4 Å². The van der Waals surface area contributed by atoms with E-state index < -0.39 is 0 Å². The summed E-state index contributed by atoms with van der Waals surface area (Å²) in [6, 6.07) is 0. The normalized spacial score (nSPS) is 13.6. The highest BCUT2D eigenvalue weighted by atomic mass is 16.3. The predicted molar refractivity (Wildman–Crippen MR) is 55.6 cm³/mol. The van der Waals surface area contributed by atoms with Crippen LogP contribution in [0.5, 0.6) is 0 Å². The molecule has 0 aromatic carbocycles. The van der Waals surface area contributed by atoms with E-state index in [0.717, 1.165) is 31.6 Å². The molecule has 0 aromatic rings. The monoisotopic (exact) mass is 188 g/mol. The summed E-state index contributed by atoms with van der Waals surface area (Å²) in [5.41, 5.74) is 0. The Balaban J connectivity index is 3.38. The van der Waals surface area contributed by atoms with E-state index in [1.807, 2.05) is 0 Å². The van der Waals surface area contributed by atoms with Crippen molar-refractivity contribution in [1.29, 1.82) is 0 Å². The van der Waals surface area contributed by atoms with E-state index in [1.54, 1.807) is 0 Å². The van der Waals surface area contributed by atoms with Gasteiger partial charge in [0.1, 0.15) is 0 Å². The van der Waals surface area contributed by atoms with Crippen molar-refractivity contribution in [2.24, 2.45) is 5.92 Å². The van der Waals surface area contributed by atoms with Gasteiger partial charge in [-0.25, -0.2) is 0 Å². The molecule has 0 aliphatic heterocycles. The molecule has 1 unspecified atom stereocenters. The number of hydrogen-bond donors (Lipinski definition) is 2. The molecule has 0 radical (unpaired) electrons. The van der Waals surface area contributed by atoms with E-state index in [9.17, 15) is 5.11 Å². The quantitative estimate of drug-likeness (QED) is 0.614. The molecule has 13 heavy (non-hydrogen) atoms. The van der Waals surface area contributed by atoms with Crippen molar-refractivity contribution in [2.75, 3.05) is 6.61 Å². The smallest absolute Gasteiger partial charge is 0.0541 e. The Labute approximate surface area is 82.0 Å². The fourth-order valence-corrected chi connectivity index (χ4v) is 1.60. The minimum atomic E-state index is -0.201. The van der Waals surface area contributed by atoms with Gasteiger partial charge in [0.05, 0.1) is 6.10 Å². The van der Waals surface area contributed by atoms with E-state index >= 15 is 0 Å². The molecule has 0 aliphatic carbocycles. The summed E-state index contributed by atoms with van der Waals surface area (Å²) in [6.45, 7) is 4.60. The van der Waals surface area contributed by atoms with Crippen molar-refractivity contribution in [1.82, 2.24) is 0 Å². The Kier molecular flexibility index (Phi) is 8.46. The first kappa shape index (κ1) is 12.9. The minimum Gasteiger partial charge on any atom is -0.396 e. The van der Waals surface area contributed by atoms with Crippen molar-refractivity contribution in [3.8, 4) is 0 Å². The average molecular weight is 188 g/mol. The summed E-state index contributed by atoms with van der Waals surface area (Å²) < 4.78 is 0. The maximum Gasteiger partial charge on any atom is 0.0541 e. The number of rotatable bonds is 8. The molecule has 0 heterocycles. The van der Waals surface area contributed by atoms with Gasteiger partial charge in [-0.2, -0.15) is 0 Å². The lowest BCUT2D eigenvalue weighted by molar-refractivity contribution is 0.132. The number of aliphatic hydroxyl groups is 2. The Hall–Kier alpha value is -0.0800. The van der Waals surface area contributed by atoms with Crippen LogP contribution in [0, 0.1) is 5.92 Å². The van der Waals surface area contributed by atoms with Crippen molar-refractivity contribution >= 4 is 0 Å². The van der Waals surface area contributed by atoms with Crippen LogP contribution >= 0.6 is 0 Å². The first-order valence-electron chi connectivity index (χ1n) is 5.53. The van der Waals surface area contributed by atoms with Gasteiger partial charge in [-0.05, 0) is 31.6 Å². The zero-order chi connectivity index (χ0) is 10.1. The van der Waals surface area contributed by atoms with Crippen molar-refractivity contribution in [3.05, 3.63) is 0 Å². The second-order valence-electron chi connectivity index (χ2n) is 3.78. The number of hydrogen-bond acceptors (Lipinski definition) is 2. The van der Waals surface area contributed by atoms with Crippen LogP contribution in [0.25, 0.3) is 0 Å². The Morgan fingerprint density at radius 1 is 1.00 bits per heavy atom. The molecule has 0 aliphatic rings. The Bertz CT molecular complexity index is 100. The first-order chi connectivity index (χ1) is 6.24. The maximum atomic E-state index is 9.51. The van der Waals surface area contributed by atoms with E-state index in [0.29, 0.717) is 0 Å². The molecule has 0 saturated carbocycles. The summed E-state index contributed by atoms with van der Waals surface area (Å²) in [5, 5.41) is 18.1. The molecule has 2 nitrogen and oxygen atoms in total. The van der Waals surface area contributed by atoms with Crippen LogP contribution in [-0.2, 0) is 0 Å². The Morgan fingerprint density at radius 2 is 1.62 bits per heavy atom. The van der Waals surface area contributed by atoms with E-state index in [-0.39, 0.29) is 12.7 Å². The highest BCUT2D eigenvalue weighted by Crippen LogP contribution is 2.17. The van der Waals surface area contributed by atoms with Gasteiger partial charge in [0.15, 0.2) is 0 Å². The fraction of sp³-hybridized carbons (Fsp3) is 1.00. The largest absolute Gasteiger partial charge is 0.396 e. The molecule has 0 rings (SSSR count). The topological polar surface area (TPSA) is 40.5 Å². The van der Waals surface area contributed by atoms with E-state index in [4.69, 9.17) is 5.11 Å². The lowest BCUT2D eigenvalue weighted by Crippen LogP contribution is -2.10. The van der Waals surface area contributed by atoms with Crippen LogP contribution in [0.3, 0.4) is 0 Å². The van der Waals surface area contributed by atoms with Gasteiger partial charge < -0.3 is 10.2 Å². The highest BCUT2D eigenvalue weighted by molar-refractivity contribution is 4.61. The van der Waals surface area contributed by atoms with Crippen molar-refractivity contribution in [3.63, 3.8) is 0 Å². The van der Waals surface area contributed by atoms with Crippen LogP contribution < -0.4 is 0 Å².